The molecule has 0 aliphatic rings. The number of thioether (sulfide) groups is 1. The van der Waals surface area contributed by atoms with Crippen LogP contribution in [0.3, 0.4) is 0 Å². The summed E-state index contributed by atoms with van der Waals surface area (Å²) in [5.41, 5.74) is 1.29. The predicted octanol–water partition coefficient (Wildman–Crippen LogP) is 3.92. The molecule has 7 nitrogen and oxygen atoms in total. The van der Waals surface area contributed by atoms with Crippen LogP contribution in [0.5, 0.6) is 0 Å². The van der Waals surface area contributed by atoms with E-state index in [4.69, 9.17) is 4.52 Å². The van der Waals surface area contributed by atoms with Crippen LogP contribution in [0.15, 0.2) is 58.3 Å². The minimum Gasteiger partial charge on any atom is -0.334 e. The normalized spacial score (nSPS) is 12.3. The summed E-state index contributed by atoms with van der Waals surface area (Å²) in [5.74, 6) is 1.11. The summed E-state index contributed by atoms with van der Waals surface area (Å²) in [4.78, 5) is 8.68. The predicted molar refractivity (Wildman–Crippen MR) is 98.2 cm³/mol. The molecule has 1 aromatic carbocycles. The summed E-state index contributed by atoms with van der Waals surface area (Å²) in [5, 5.41) is 13.0. The van der Waals surface area contributed by atoms with Crippen molar-refractivity contribution in [3.05, 3.63) is 60.3 Å². The fraction of sp³-hybridized carbons (Fsp3) is 0.167. The van der Waals surface area contributed by atoms with Crippen molar-refractivity contribution >= 4 is 11.8 Å². The van der Waals surface area contributed by atoms with E-state index in [9.17, 15) is 4.39 Å². The molecule has 4 rings (SSSR count). The lowest BCUT2D eigenvalue weighted by Gasteiger charge is -2.06. The molecule has 0 N–H and O–H groups in total. The minimum absolute atomic E-state index is 0.129. The van der Waals surface area contributed by atoms with Crippen molar-refractivity contribution in [3.63, 3.8) is 0 Å². The third-order valence-corrected chi connectivity index (χ3v) is 5.02. The van der Waals surface area contributed by atoms with Crippen molar-refractivity contribution in [2.75, 3.05) is 0 Å². The third-order valence-electron chi connectivity index (χ3n) is 3.89. The quantitative estimate of drug-likeness (QED) is 0.484. The summed E-state index contributed by atoms with van der Waals surface area (Å²) in [7, 11) is 1.88. The first-order chi connectivity index (χ1) is 13.1. The zero-order valence-corrected chi connectivity index (χ0v) is 15.4. The molecule has 0 fully saturated rings. The van der Waals surface area contributed by atoms with E-state index in [0.717, 1.165) is 5.69 Å². The fourth-order valence-electron chi connectivity index (χ4n) is 2.49. The SMILES string of the molecule is CC(Sc1nnc(-c2ccccn2)n1C)c1noc(-c2cccc(F)c2)n1. The Kier molecular flexibility index (Phi) is 4.68. The lowest BCUT2D eigenvalue weighted by molar-refractivity contribution is 0.422. The highest BCUT2D eigenvalue weighted by atomic mass is 32.2. The first kappa shape index (κ1) is 17.3. The lowest BCUT2D eigenvalue weighted by Crippen LogP contribution is -1.98. The van der Waals surface area contributed by atoms with Gasteiger partial charge in [0.15, 0.2) is 16.8 Å². The van der Waals surface area contributed by atoms with Crippen molar-refractivity contribution in [2.45, 2.75) is 17.3 Å². The molecular formula is C18H15FN6OS. The number of aromatic nitrogens is 6. The molecule has 0 radical (unpaired) electrons. The van der Waals surface area contributed by atoms with Crippen LogP contribution in [0.25, 0.3) is 23.0 Å². The molecule has 0 aliphatic carbocycles. The van der Waals surface area contributed by atoms with Gasteiger partial charge in [0.2, 0.25) is 0 Å². The fourth-order valence-corrected chi connectivity index (χ4v) is 3.34. The molecule has 27 heavy (non-hydrogen) atoms. The van der Waals surface area contributed by atoms with Gasteiger partial charge in [0.1, 0.15) is 11.5 Å². The van der Waals surface area contributed by atoms with Gasteiger partial charge in [-0.2, -0.15) is 4.98 Å². The van der Waals surface area contributed by atoms with Crippen LogP contribution in [0.4, 0.5) is 4.39 Å². The zero-order chi connectivity index (χ0) is 18.8. The Morgan fingerprint density at radius 3 is 2.81 bits per heavy atom. The van der Waals surface area contributed by atoms with E-state index < -0.39 is 0 Å². The average molecular weight is 382 g/mol. The Bertz CT molecular complexity index is 1060. The third kappa shape index (κ3) is 3.59. The van der Waals surface area contributed by atoms with E-state index in [1.54, 1.807) is 18.3 Å². The van der Waals surface area contributed by atoms with Crippen LogP contribution in [-0.2, 0) is 7.05 Å². The van der Waals surface area contributed by atoms with Crippen LogP contribution in [-0.4, -0.2) is 29.9 Å². The molecule has 0 amide bonds. The lowest BCUT2D eigenvalue weighted by atomic mass is 10.2. The Hall–Kier alpha value is -3.07. The van der Waals surface area contributed by atoms with Crippen LogP contribution < -0.4 is 0 Å². The van der Waals surface area contributed by atoms with Crippen molar-refractivity contribution in [1.82, 2.24) is 29.9 Å². The van der Waals surface area contributed by atoms with Gasteiger partial charge in [-0.1, -0.05) is 29.1 Å². The second kappa shape index (κ2) is 7.28. The first-order valence-corrected chi connectivity index (χ1v) is 9.07. The maximum atomic E-state index is 13.4. The molecule has 0 saturated carbocycles. The van der Waals surface area contributed by atoms with E-state index in [0.29, 0.717) is 22.4 Å². The van der Waals surface area contributed by atoms with E-state index in [1.165, 1.54) is 23.9 Å². The van der Waals surface area contributed by atoms with Crippen LogP contribution in [0.2, 0.25) is 0 Å². The van der Waals surface area contributed by atoms with Crippen molar-refractivity contribution in [1.29, 1.82) is 0 Å². The van der Waals surface area contributed by atoms with Crippen LogP contribution in [0.1, 0.15) is 18.0 Å². The van der Waals surface area contributed by atoms with Gasteiger partial charge in [0, 0.05) is 18.8 Å². The number of benzene rings is 1. The summed E-state index contributed by atoms with van der Waals surface area (Å²) in [6, 6.07) is 11.7. The topological polar surface area (TPSA) is 82.5 Å². The molecule has 4 aromatic rings. The van der Waals surface area contributed by atoms with Gasteiger partial charge in [0.25, 0.3) is 5.89 Å². The maximum Gasteiger partial charge on any atom is 0.258 e. The number of nitrogens with zero attached hydrogens (tertiary/aromatic N) is 6. The molecule has 0 aliphatic heterocycles. The van der Waals surface area contributed by atoms with Crippen LogP contribution >= 0.6 is 11.8 Å². The number of pyridine rings is 1. The number of rotatable bonds is 5. The highest BCUT2D eigenvalue weighted by Gasteiger charge is 2.20. The Labute approximate surface area is 158 Å². The van der Waals surface area contributed by atoms with E-state index in [2.05, 4.69) is 25.3 Å². The maximum absolute atomic E-state index is 13.4. The van der Waals surface area contributed by atoms with E-state index in [1.807, 2.05) is 36.7 Å². The molecule has 0 bridgehead atoms. The molecule has 9 heteroatoms. The summed E-state index contributed by atoms with van der Waals surface area (Å²) in [6.45, 7) is 1.94. The molecule has 3 heterocycles. The van der Waals surface area contributed by atoms with Crippen molar-refractivity contribution < 1.29 is 8.91 Å². The van der Waals surface area contributed by atoms with Crippen molar-refractivity contribution in [2.24, 2.45) is 7.05 Å². The monoisotopic (exact) mass is 382 g/mol. The van der Waals surface area contributed by atoms with Gasteiger partial charge in [-0.3, -0.25) is 4.98 Å². The Balaban J connectivity index is 1.53. The number of halogens is 1. The summed E-state index contributed by atoms with van der Waals surface area (Å²) >= 11 is 1.45. The summed E-state index contributed by atoms with van der Waals surface area (Å²) in [6.07, 6.45) is 1.71. The average Bonchev–Trinajstić information content (AvgIpc) is 3.31. The minimum atomic E-state index is -0.351. The molecule has 1 atom stereocenters. The van der Waals surface area contributed by atoms with Gasteiger partial charge in [-0.05, 0) is 37.3 Å². The van der Waals surface area contributed by atoms with Gasteiger partial charge in [-0.15, -0.1) is 10.2 Å². The van der Waals surface area contributed by atoms with E-state index >= 15 is 0 Å². The number of hydrogen-bond donors (Lipinski definition) is 0. The first-order valence-electron chi connectivity index (χ1n) is 8.19. The second-order valence-corrected chi connectivity index (χ2v) is 7.12. The van der Waals surface area contributed by atoms with Gasteiger partial charge < -0.3 is 9.09 Å². The van der Waals surface area contributed by atoms with Gasteiger partial charge in [-0.25, -0.2) is 4.39 Å². The Morgan fingerprint density at radius 2 is 2.04 bits per heavy atom. The van der Waals surface area contributed by atoms with E-state index in [-0.39, 0.29) is 17.0 Å². The molecule has 3 aromatic heterocycles. The van der Waals surface area contributed by atoms with Crippen LogP contribution in [0, 0.1) is 5.82 Å². The molecule has 1 unspecified atom stereocenters. The van der Waals surface area contributed by atoms with Gasteiger partial charge in [0.05, 0.1) is 5.25 Å². The van der Waals surface area contributed by atoms with Crippen molar-refractivity contribution in [3.8, 4) is 23.0 Å². The highest BCUT2D eigenvalue weighted by Crippen LogP contribution is 2.34. The largest absolute Gasteiger partial charge is 0.334 e. The molecule has 0 spiro atoms. The second-order valence-electron chi connectivity index (χ2n) is 5.81. The highest BCUT2D eigenvalue weighted by molar-refractivity contribution is 7.99. The Morgan fingerprint density at radius 1 is 1.15 bits per heavy atom. The van der Waals surface area contributed by atoms with Gasteiger partial charge >= 0.3 is 0 Å². The molecule has 136 valence electrons. The summed E-state index contributed by atoms with van der Waals surface area (Å²) < 4.78 is 20.5. The number of hydrogen-bond acceptors (Lipinski definition) is 7. The molecular weight excluding hydrogens is 367 g/mol. The smallest absolute Gasteiger partial charge is 0.258 e. The zero-order valence-electron chi connectivity index (χ0n) is 14.6. The molecule has 0 saturated heterocycles. The standard InChI is InChI=1S/C18H15FN6OS/c1-11(15-21-17(26-24-15)12-6-5-7-13(19)10-12)27-18-23-22-16(25(18)2)14-8-3-4-9-20-14/h3-11H,1-2H3.